The maximum atomic E-state index is 12.4. The molecule has 1 aromatic carbocycles. The summed E-state index contributed by atoms with van der Waals surface area (Å²) in [5, 5.41) is 3.25. The van der Waals surface area contributed by atoms with Crippen LogP contribution in [0.3, 0.4) is 0 Å². The van der Waals surface area contributed by atoms with Crippen molar-refractivity contribution in [2.75, 3.05) is 26.2 Å². The summed E-state index contributed by atoms with van der Waals surface area (Å²) < 4.78 is 5.90. The molecule has 1 amide bonds. The fourth-order valence-electron chi connectivity index (χ4n) is 2.24. The van der Waals surface area contributed by atoms with Crippen LogP contribution in [-0.4, -0.2) is 43.1 Å². The second-order valence-electron chi connectivity index (χ2n) is 4.86. The van der Waals surface area contributed by atoms with Crippen molar-refractivity contribution in [3.8, 4) is 5.75 Å². The lowest BCUT2D eigenvalue weighted by Crippen LogP contribution is -2.50. The summed E-state index contributed by atoms with van der Waals surface area (Å²) in [6.45, 7) is 7.26. The van der Waals surface area contributed by atoms with E-state index in [1.165, 1.54) is 0 Å². The Bertz CT molecular complexity index is 434. The lowest BCUT2D eigenvalue weighted by molar-refractivity contribution is -0.139. The van der Waals surface area contributed by atoms with Gasteiger partial charge < -0.3 is 15.0 Å². The number of carbonyl (C=O) groups is 1. The molecule has 1 fully saturated rings. The summed E-state index contributed by atoms with van der Waals surface area (Å²) in [5.74, 6) is 0.907. The van der Waals surface area contributed by atoms with E-state index < -0.39 is 0 Å². The Morgan fingerprint density at radius 2 is 2.00 bits per heavy atom. The number of rotatable bonds is 4. The van der Waals surface area contributed by atoms with Gasteiger partial charge in [-0.1, -0.05) is 25.1 Å². The number of nitrogens with zero attached hydrogens (tertiary/aromatic N) is 1. The molecule has 1 aromatic rings. The molecule has 5 heteroatoms. The molecule has 2 rings (SSSR count). The van der Waals surface area contributed by atoms with Crippen molar-refractivity contribution in [2.45, 2.75) is 26.4 Å². The molecule has 0 saturated carbocycles. The lowest BCUT2D eigenvalue weighted by atomic mass is 10.2. The number of para-hydroxylation sites is 1. The zero-order valence-electron chi connectivity index (χ0n) is 12.1. The summed E-state index contributed by atoms with van der Waals surface area (Å²) in [6.07, 6.45) is 0.316. The van der Waals surface area contributed by atoms with Gasteiger partial charge >= 0.3 is 0 Å². The van der Waals surface area contributed by atoms with Crippen molar-refractivity contribution in [1.29, 1.82) is 0 Å². The topological polar surface area (TPSA) is 41.6 Å². The Morgan fingerprint density at radius 1 is 1.35 bits per heavy atom. The van der Waals surface area contributed by atoms with Crippen molar-refractivity contribution in [1.82, 2.24) is 10.2 Å². The maximum absolute atomic E-state index is 12.4. The molecule has 1 unspecified atom stereocenters. The molecule has 0 aliphatic carbocycles. The third kappa shape index (κ3) is 4.12. The van der Waals surface area contributed by atoms with Crippen LogP contribution in [0.25, 0.3) is 0 Å². The van der Waals surface area contributed by atoms with Crippen LogP contribution in [0.1, 0.15) is 18.9 Å². The Labute approximate surface area is 126 Å². The lowest BCUT2D eigenvalue weighted by Gasteiger charge is -2.30. The van der Waals surface area contributed by atoms with Gasteiger partial charge in [-0.25, -0.2) is 0 Å². The molecule has 1 saturated heterocycles. The van der Waals surface area contributed by atoms with Crippen molar-refractivity contribution in [2.24, 2.45) is 0 Å². The summed E-state index contributed by atoms with van der Waals surface area (Å²) in [6, 6.07) is 7.83. The maximum Gasteiger partial charge on any atom is 0.263 e. The van der Waals surface area contributed by atoms with Crippen LogP contribution in [0.2, 0.25) is 0 Å². The minimum absolute atomic E-state index is 0. The van der Waals surface area contributed by atoms with Crippen LogP contribution in [0.4, 0.5) is 0 Å². The predicted octanol–water partition coefficient (Wildman–Crippen LogP) is 2.01. The molecule has 0 spiro atoms. The minimum atomic E-state index is -0.376. The number of carbonyl (C=O) groups excluding carboxylic acids is 1. The molecule has 1 N–H and O–H groups in total. The highest BCUT2D eigenvalue weighted by atomic mass is 35.5. The number of benzene rings is 1. The van der Waals surface area contributed by atoms with Gasteiger partial charge in [0.05, 0.1) is 0 Å². The molecule has 1 atom stereocenters. The SMILES string of the molecule is CCC(Oc1ccccc1C)C(=O)N1CCNCC1.Cl. The average molecular weight is 299 g/mol. The van der Waals surface area contributed by atoms with Crippen LogP contribution in [-0.2, 0) is 4.79 Å². The van der Waals surface area contributed by atoms with Gasteiger partial charge in [0.2, 0.25) is 0 Å². The molecule has 1 aliphatic heterocycles. The quantitative estimate of drug-likeness (QED) is 0.924. The normalized spacial score (nSPS) is 16.2. The van der Waals surface area contributed by atoms with Crippen molar-refractivity contribution < 1.29 is 9.53 Å². The van der Waals surface area contributed by atoms with Gasteiger partial charge in [0.25, 0.3) is 5.91 Å². The molecule has 0 aromatic heterocycles. The van der Waals surface area contributed by atoms with Gasteiger partial charge in [-0.3, -0.25) is 4.79 Å². The first-order valence-electron chi connectivity index (χ1n) is 6.94. The number of hydrogen-bond acceptors (Lipinski definition) is 3. The zero-order valence-corrected chi connectivity index (χ0v) is 12.9. The van der Waals surface area contributed by atoms with E-state index in [9.17, 15) is 4.79 Å². The van der Waals surface area contributed by atoms with Crippen LogP contribution in [0.5, 0.6) is 5.75 Å². The highest BCUT2D eigenvalue weighted by Gasteiger charge is 2.25. The van der Waals surface area contributed by atoms with Gasteiger partial charge in [-0.2, -0.15) is 0 Å². The number of ether oxygens (including phenoxy) is 1. The van der Waals surface area contributed by atoms with Crippen LogP contribution >= 0.6 is 12.4 Å². The van der Waals surface area contributed by atoms with E-state index in [-0.39, 0.29) is 24.4 Å². The van der Waals surface area contributed by atoms with E-state index in [4.69, 9.17) is 4.74 Å². The van der Waals surface area contributed by atoms with Crippen molar-refractivity contribution in [3.63, 3.8) is 0 Å². The van der Waals surface area contributed by atoms with E-state index in [0.717, 1.165) is 37.5 Å². The third-order valence-corrected chi connectivity index (χ3v) is 3.44. The van der Waals surface area contributed by atoms with Gasteiger partial charge in [0.1, 0.15) is 5.75 Å². The van der Waals surface area contributed by atoms with Crippen LogP contribution in [0, 0.1) is 6.92 Å². The third-order valence-electron chi connectivity index (χ3n) is 3.44. The fourth-order valence-corrected chi connectivity index (χ4v) is 2.24. The Morgan fingerprint density at radius 3 is 2.60 bits per heavy atom. The molecular weight excluding hydrogens is 276 g/mol. The Hall–Kier alpha value is -1.26. The van der Waals surface area contributed by atoms with Gasteiger partial charge in [0, 0.05) is 26.2 Å². The smallest absolute Gasteiger partial charge is 0.263 e. The molecule has 1 heterocycles. The van der Waals surface area contributed by atoms with Crippen LogP contribution in [0.15, 0.2) is 24.3 Å². The number of halogens is 1. The van der Waals surface area contributed by atoms with E-state index in [1.54, 1.807) is 0 Å². The first-order valence-corrected chi connectivity index (χ1v) is 6.94. The van der Waals surface area contributed by atoms with E-state index in [1.807, 2.05) is 43.0 Å². The number of nitrogens with one attached hydrogen (secondary N) is 1. The predicted molar refractivity (Wildman–Crippen MR) is 82.6 cm³/mol. The number of aryl methyl sites for hydroxylation is 1. The van der Waals surface area contributed by atoms with E-state index in [2.05, 4.69) is 5.32 Å². The van der Waals surface area contributed by atoms with E-state index in [0.29, 0.717) is 6.42 Å². The van der Waals surface area contributed by atoms with Gasteiger partial charge in [0.15, 0.2) is 6.10 Å². The summed E-state index contributed by atoms with van der Waals surface area (Å²) in [4.78, 5) is 14.3. The zero-order chi connectivity index (χ0) is 13.7. The number of hydrogen-bond donors (Lipinski definition) is 1. The summed E-state index contributed by atoms with van der Waals surface area (Å²) in [7, 11) is 0. The number of amides is 1. The first kappa shape index (κ1) is 16.8. The van der Waals surface area contributed by atoms with Crippen LogP contribution < -0.4 is 10.1 Å². The summed E-state index contributed by atoms with van der Waals surface area (Å²) in [5.41, 5.74) is 1.06. The Kier molecular flexibility index (Phi) is 6.82. The van der Waals surface area contributed by atoms with Gasteiger partial charge in [-0.05, 0) is 25.0 Å². The minimum Gasteiger partial charge on any atom is -0.480 e. The molecular formula is C15H23ClN2O2. The molecule has 0 radical (unpaired) electrons. The van der Waals surface area contributed by atoms with E-state index >= 15 is 0 Å². The van der Waals surface area contributed by atoms with Crippen molar-refractivity contribution >= 4 is 18.3 Å². The number of piperazine rings is 1. The highest BCUT2D eigenvalue weighted by molar-refractivity contribution is 5.85. The molecule has 4 nitrogen and oxygen atoms in total. The largest absolute Gasteiger partial charge is 0.480 e. The second-order valence-corrected chi connectivity index (χ2v) is 4.86. The standard InChI is InChI=1S/C15H22N2O2.ClH/c1-3-13(15(18)17-10-8-16-9-11-17)19-14-7-5-4-6-12(14)2;/h4-7,13,16H,3,8-11H2,1-2H3;1H. The van der Waals surface area contributed by atoms with Gasteiger partial charge in [-0.15, -0.1) is 12.4 Å². The molecule has 112 valence electrons. The molecule has 1 aliphatic rings. The monoisotopic (exact) mass is 298 g/mol. The average Bonchev–Trinajstić information content (AvgIpc) is 2.47. The summed E-state index contributed by atoms with van der Waals surface area (Å²) >= 11 is 0. The highest BCUT2D eigenvalue weighted by Crippen LogP contribution is 2.19. The second kappa shape index (κ2) is 8.12. The first-order chi connectivity index (χ1) is 9.22. The van der Waals surface area contributed by atoms with Crippen molar-refractivity contribution in [3.05, 3.63) is 29.8 Å². The molecule has 0 bridgehead atoms. The fraction of sp³-hybridized carbons (Fsp3) is 0.533. The Balaban J connectivity index is 0.00000200. The molecule has 20 heavy (non-hydrogen) atoms.